The molecule has 0 aliphatic rings. The lowest BCUT2D eigenvalue weighted by Crippen LogP contribution is -2.41. The molecule has 0 aliphatic heterocycles. The molecule has 134 valence electrons. The van der Waals surface area contributed by atoms with Crippen molar-refractivity contribution in [2.75, 3.05) is 5.32 Å². The lowest BCUT2D eigenvalue weighted by atomic mass is 10.0. The highest BCUT2D eigenvalue weighted by Gasteiger charge is 2.19. The first-order valence-electron chi connectivity index (χ1n) is 8.57. The average molecular weight is 333 g/mol. The van der Waals surface area contributed by atoms with Gasteiger partial charge in [-0.15, -0.1) is 0 Å². The van der Waals surface area contributed by atoms with Crippen LogP contribution in [0.3, 0.4) is 0 Å². The second kappa shape index (κ2) is 8.71. The standard InChI is InChI=1S/C19H31N3O2/c1-13(2)11-12-14(3)20-18(24)21-16-10-8-7-9-15(16)17(23)22-19(4,5)6/h7-10,13-14H,11-12H2,1-6H3,(H,22,23)(H2,20,21,24). The molecule has 0 spiro atoms. The van der Waals surface area contributed by atoms with Gasteiger partial charge in [-0.05, 0) is 58.6 Å². The maximum atomic E-state index is 12.4. The third-order valence-corrected chi connectivity index (χ3v) is 3.46. The van der Waals surface area contributed by atoms with Crippen molar-refractivity contribution in [3.05, 3.63) is 29.8 Å². The lowest BCUT2D eigenvalue weighted by molar-refractivity contribution is 0.0920. The van der Waals surface area contributed by atoms with Crippen molar-refractivity contribution in [1.29, 1.82) is 0 Å². The minimum absolute atomic E-state index is 0.0861. The van der Waals surface area contributed by atoms with Crippen LogP contribution in [-0.4, -0.2) is 23.5 Å². The van der Waals surface area contributed by atoms with Gasteiger partial charge in [0.15, 0.2) is 0 Å². The molecular weight excluding hydrogens is 302 g/mol. The Bertz CT molecular complexity index is 562. The molecular formula is C19H31N3O2. The highest BCUT2D eigenvalue weighted by atomic mass is 16.2. The van der Waals surface area contributed by atoms with Crippen molar-refractivity contribution in [2.24, 2.45) is 5.92 Å². The predicted octanol–water partition coefficient (Wildman–Crippen LogP) is 4.16. The van der Waals surface area contributed by atoms with Crippen LogP contribution in [0.15, 0.2) is 24.3 Å². The van der Waals surface area contributed by atoms with E-state index >= 15 is 0 Å². The highest BCUT2D eigenvalue weighted by Crippen LogP contribution is 2.16. The van der Waals surface area contributed by atoms with Crippen LogP contribution in [0.25, 0.3) is 0 Å². The van der Waals surface area contributed by atoms with Gasteiger partial charge < -0.3 is 16.0 Å². The molecule has 5 nitrogen and oxygen atoms in total. The number of benzene rings is 1. The van der Waals surface area contributed by atoms with Crippen molar-refractivity contribution in [1.82, 2.24) is 10.6 Å². The Morgan fingerprint density at radius 1 is 1.04 bits per heavy atom. The number of para-hydroxylation sites is 1. The molecule has 1 unspecified atom stereocenters. The number of urea groups is 1. The number of rotatable bonds is 6. The third-order valence-electron chi connectivity index (χ3n) is 3.46. The van der Waals surface area contributed by atoms with E-state index in [0.29, 0.717) is 17.2 Å². The second-order valence-electron chi connectivity index (χ2n) is 7.72. The molecule has 1 atom stereocenters. The fraction of sp³-hybridized carbons (Fsp3) is 0.579. The zero-order valence-corrected chi connectivity index (χ0v) is 15.7. The van der Waals surface area contributed by atoms with Crippen molar-refractivity contribution in [3.8, 4) is 0 Å². The Labute approximate surface area is 145 Å². The smallest absolute Gasteiger partial charge is 0.319 e. The predicted molar refractivity (Wildman–Crippen MR) is 99.3 cm³/mol. The van der Waals surface area contributed by atoms with Crippen LogP contribution >= 0.6 is 0 Å². The maximum absolute atomic E-state index is 12.4. The normalized spacial score (nSPS) is 12.6. The van der Waals surface area contributed by atoms with Crippen LogP contribution in [0.2, 0.25) is 0 Å². The molecule has 0 bridgehead atoms. The molecule has 5 heteroatoms. The zero-order chi connectivity index (χ0) is 18.3. The first-order valence-corrected chi connectivity index (χ1v) is 8.57. The fourth-order valence-electron chi connectivity index (χ4n) is 2.24. The van der Waals surface area contributed by atoms with Gasteiger partial charge in [-0.25, -0.2) is 4.79 Å². The molecule has 3 N–H and O–H groups in total. The largest absolute Gasteiger partial charge is 0.347 e. The SMILES string of the molecule is CC(C)CCC(C)NC(=O)Nc1ccccc1C(=O)NC(C)(C)C. The van der Waals surface area contributed by atoms with E-state index in [9.17, 15) is 9.59 Å². The fourth-order valence-corrected chi connectivity index (χ4v) is 2.24. The third kappa shape index (κ3) is 7.49. The van der Waals surface area contributed by atoms with Gasteiger partial charge in [-0.1, -0.05) is 26.0 Å². The summed E-state index contributed by atoms with van der Waals surface area (Å²) in [5.74, 6) is 0.408. The minimum Gasteiger partial charge on any atom is -0.347 e. The van der Waals surface area contributed by atoms with Gasteiger partial charge in [0.2, 0.25) is 0 Å². The van der Waals surface area contributed by atoms with E-state index in [0.717, 1.165) is 12.8 Å². The molecule has 0 saturated carbocycles. The van der Waals surface area contributed by atoms with Gasteiger partial charge in [0.25, 0.3) is 5.91 Å². The number of nitrogens with one attached hydrogen (secondary N) is 3. The maximum Gasteiger partial charge on any atom is 0.319 e. The van der Waals surface area contributed by atoms with Gasteiger partial charge in [0, 0.05) is 11.6 Å². The Morgan fingerprint density at radius 3 is 2.25 bits per heavy atom. The summed E-state index contributed by atoms with van der Waals surface area (Å²) >= 11 is 0. The summed E-state index contributed by atoms with van der Waals surface area (Å²) in [5.41, 5.74) is 0.628. The summed E-state index contributed by atoms with van der Waals surface area (Å²) < 4.78 is 0. The van der Waals surface area contributed by atoms with Crippen molar-refractivity contribution in [2.45, 2.75) is 66.0 Å². The zero-order valence-electron chi connectivity index (χ0n) is 15.7. The summed E-state index contributed by atoms with van der Waals surface area (Å²) in [7, 11) is 0. The molecule has 1 aromatic rings. The van der Waals surface area contributed by atoms with E-state index < -0.39 is 0 Å². The number of hydrogen-bond acceptors (Lipinski definition) is 2. The number of anilines is 1. The Hall–Kier alpha value is -2.04. The molecule has 3 amide bonds. The van der Waals surface area contributed by atoms with E-state index in [1.165, 1.54) is 0 Å². The quantitative estimate of drug-likeness (QED) is 0.731. The Kier molecular flexibility index (Phi) is 7.26. The van der Waals surface area contributed by atoms with Crippen LogP contribution in [0, 0.1) is 5.92 Å². The topological polar surface area (TPSA) is 70.2 Å². The van der Waals surface area contributed by atoms with E-state index in [-0.39, 0.29) is 23.5 Å². The Morgan fingerprint density at radius 2 is 1.67 bits per heavy atom. The van der Waals surface area contributed by atoms with E-state index in [4.69, 9.17) is 0 Å². The van der Waals surface area contributed by atoms with Gasteiger partial charge in [-0.2, -0.15) is 0 Å². The highest BCUT2D eigenvalue weighted by molar-refractivity contribution is 6.03. The van der Waals surface area contributed by atoms with Crippen molar-refractivity contribution in [3.63, 3.8) is 0 Å². The van der Waals surface area contributed by atoms with E-state index in [2.05, 4.69) is 29.8 Å². The van der Waals surface area contributed by atoms with Crippen LogP contribution in [-0.2, 0) is 0 Å². The van der Waals surface area contributed by atoms with Gasteiger partial charge >= 0.3 is 6.03 Å². The summed E-state index contributed by atoms with van der Waals surface area (Å²) in [6.45, 7) is 12.1. The summed E-state index contributed by atoms with van der Waals surface area (Å²) in [5, 5.41) is 8.61. The van der Waals surface area contributed by atoms with Crippen LogP contribution in [0.1, 0.15) is 64.7 Å². The second-order valence-corrected chi connectivity index (χ2v) is 7.72. The Balaban J connectivity index is 2.71. The summed E-state index contributed by atoms with van der Waals surface area (Å²) in [4.78, 5) is 24.6. The van der Waals surface area contributed by atoms with Gasteiger partial charge in [0.05, 0.1) is 11.3 Å². The number of carbonyl (C=O) groups excluding carboxylic acids is 2. The molecule has 0 aliphatic carbocycles. The molecule has 0 aromatic heterocycles. The molecule has 0 radical (unpaired) electrons. The molecule has 1 rings (SSSR count). The van der Waals surface area contributed by atoms with Crippen LogP contribution in [0.4, 0.5) is 10.5 Å². The molecule has 0 fully saturated rings. The molecule has 0 heterocycles. The number of carbonyl (C=O) groups is 2. The minimum atomic E-state index is -0.336. The summed E-state index contributed by atoms with van der Waals surface area (Å²) in [6.07, 6.45) is 1.99. The van der Waals surface area contributed by atoms with E-state index in [1.54, 1.807) is 24.3 Å². The van der Waals surface area contributed by atoms with E-state index in [1.807, 2.05) is 27.7 Å². The summed E-state index contributed by atoms with van der Waals surface area (Å²) in [6, 6.07) is 6.82. The van der Waals surface area contributed by atoms with Crippen LogP contribution < -0.4 is 16.0 Å². The molecule has 1 aromatic carbocycles. The molecule has 0 saturated heterocycles. The van der Waals surface area contributed by atoms with Gasteiger partial charge in [0.1, 0.15) is 0 Å². The first kappa shape index (κ1) is 20.0. The van der Waals surface area contributed by atoms with Crippen molar-refractivity contribution < 1.29 is 9.59 Å². The lowest BCUT2D eigenvalue weighted by Gasteiger charge is -2.22. The number of amides is 3. The van der Waals surface area contributed by atoms with Crippen LogP contribution in [0.5, 0.6) is 0 Å². The first-order chi connectivity index (χ1) is 11.1. The van der Waals surface area contributed by atoms with Gasteiger partial charge in [-0.3, -0.25) is 4.79 Å². The number of hydrogen-bond donors (Lipinski definition) is 3. The van der Waals surface area contributed by atoms with Crippen molar-refractivity contribution >= 4 is 17.6 Å². The average Bonchev–Trinajstić information content (AvgIpc) is 2.43. The molecule has 24 heavy (non-hydrogen) atoms. The monoisotopic (exact) mass is 333 g/mol.